The van der Waals surface area contributed by atoms with Gasteiger partial charge in [-0.3, -0.25) is 4.98 Å². The van der Waals surface area contributed by atoms with Gasteiger partial charge in [0.15, 0.2) is 5.69 Å². The number of aromatic nitrogens is 3. The van der Waals surface area contributed by atoms with Gasteiger partial charge in [-0.1, -0.05) is 6.92 Å². The predicted molar refractivity (Wildman–Crippen MR) is 75.4 cm³/mol. The van der Waals surface area contributed by atoms with Crippen molar-refractivity contribution in [3.05, 3.63) is 41.1 Å². The monoisotopic (exact) mass is 274 g/mol. The number of hydrogen-bond acceptors (Lipinski definition) is 5. The molecule has 6 nitrogen and oxygen atoms in total. The minimum Gasteiger partial charge on any atom is -0.464 e. The van der Waals surface area contributed by atoms with Crippen LogP contribution in [-0.4, -0.2) is 27.6 Å². The second-order valence-corrected chi connectivity index (χ2v) is 4.50. The van der Waals surface area contributed by atoms with E-state index in [4.69, 9.17) is 10.5 Å². The zero-order chi connectivity index (χ0) is 14.7. The topological polar surface area (TPSA) is 83.0 Å². The zero-order valence-electron chi connectivity index (χ0n) is 11.9. The second kappa shape index (κ2) is 5.73. The van der Waals surface area contributed by atoms with E-state index >= 15 is 0 Å². The molecule has 0 saturated carbocycles. The fraction of sp³-hybridized carbons (Fsp3) is 0.357. The van der Waals surface area contributed by atoms with Gasteiger partial charge in [-0.05, 0) is 24.1 Å². The summed E-state index contributed by atoms with van der Waals surface area (Å²) in [4.78, 5) is 20.0. The molecule has 6 heteroatoms. The van der Waals surface area contributed by atoms with Gasteiger partial charge in [0, 0.05) is 18.8 Å². The van der Waals surface area contributed by atoms with Crippen LogP contribution in [0.4, 0.5) is 5.82 Å². The standard InChI is InChI=1S/C14H18N4O2/c1-4-11-17-12(14(19)20-3)13(15)18(11)8-10-5-6-16-7-9(10)2/h5-7H,4,8,15H2,1-3H3. The molecule has 0 radical (unpaired) electrons. The van der Waals surface area contributed by atoms with Gasteiger partial charge in [0.2, 0.25) is 0 Å². The number of esters is 1. The van der Waals surface area contributed by atoms with E-state index in [-0.39, 0.29) is 5.69 Å². The number of methoxy groups -OCH3 is 1. The van der Waals surface area contributed by atoms with Gasteiger partial charge in [0.05, 0.1) is 13.7 Å². The molecule has 0 spiro atoms. The lowest BCUT2D eigenvalue weighted by Gasteiger charge is -2.10. The third kappa shape index (κ3) is 2.49. The zero-order valence-corrected chi connectivity index (χ0v) is 11.9. The Morgan fingerprint density at radius 1 is 1.50 bits per heavy atom. The first-order chi connectivity index (χ1) is 9.58. The van der Waals surface area contributed by atoms with Crippen LogP contribution in [-0.2, 0) is 17.7 Å². The molecule has 2 rings (SSSR count). The summed E-state index contributed by atoms with van der Waals surface area (Å²) in [7, 11) is 1.32. The van der Waals surface area contributed by atoms with Gasteiger partial charge in [0.1, 0.15) is 11.6 Å². The van der Waals surface area contributed by atoms with Crippen molar-refractivity contribution >= 4 is 11.8 Å². The van der Waals surface area contributed by atoms with E-state index in [9.17, 15) is 4.79 Å². The molecule has 0 bridgehead atoms. The number of carbonyl (C=O) groups is 1. The molecular formula is C14H18N4O2. The summed E-state index contributed by atoms with van der Waals surface area (Å²) in [6, 6.07) is 1.94. The van der Waals surface area contributed by atoms with Crippen molar-refractivity contribution in [2.75, 3.05) is 12.8 Å². The van der Waals surface area contributed by atoms with Crippen LogP contribution in [0.3, 0.4) is 0 Å². The Hall–Kier alpha value is -2.37. The van der Waals surface area contributed by atoms with Crippen LogP contribution in [0.2, 0.25) is 0 Å². The quantitative estimate of drug-likeness (QED) is 0.855. The fourth-order valence-corrected chi connectivity index (χ4v) is 2.06. The molecule has 2 aromatic heterocycles. The van der Waals surface area contributed by atoms with Crippen LogP contribution >= 0.6 is 0 Å². The number of carbonyl (C=O) groups excluding carboxylic acids is 1. The molecule has 2 heterocycles. The van der Waals surface area contributed by atoms with Crippen molar-refractivity contribution in [3.63, 3.8) is 0 Å². The lowest BCUT2D eigenvalue weighted by molar-refractivity contribution is 0.0595. The highest BCUT2D eigenvalue weighted by Gasteiger charge is 2.20. The Labute approximate surface area is 117 Å². The highest BCUT2D eigenvalue weighted by molar-refractivity contribution is 5.92. The summed E-state index contributed by atoms with van der Waals surface area (Å²) < 4.78 is 6.54. The molecule has 0 aliphatic carbocycles. The minimum atomic E-state index is -0.512. The van der Waals surface area contributed by atoms with Gasteiger partial charge >= 0.3 is 5.97 Å². The maximum Gasteiger partial charge on any atom is 0.360 e. The van der Waals surface area contributed by atoms with Crippen LogP contribution in [0.1, 0.15) is 34.4 Å². The molecule has 2 aromatic rings. The van der Waals surface area contributed by atoms with Gasteiger partial charge in [-0.25, -0.2) is 9.78 Å². The number of nitrogens with two attached hydrogens (primary N) is 1. The summed E-state index contributed by atoms with van der Waals surface area (Å²) in [6.45, 7) is 4.52. The molecule has 0 unspecified atom stereocenters. The lowest BCUT2D eigenvalue weighted by atomic mass is 10.1. The normalized spacial score (nSPS) is 10.6. The number of imidazole rings is 1. The summed E-state index contributed by atoms with van der Waals surface area (Å²) in [5.74, 6) is 0.589. The van der Waals surface area contributed by atoms with Crippen LogP contribution in [0.25, 0.3) is 0 Å². The van der Waals surface area contributed by atoms with E-state index in [0.717, 1.165) is 17.0 Å². The SMILES string of the molecule is CCc1nc(C(=O)OC)c(N)n1Cc1ccncc1C. The molecule has 0 amide bonds. The number of aryl methyl sites for hydroxylation is 2. The van der Waals surface area contributed by atoms with E-state index in [0.29, 0.717) is 18.8 Å². The van der Waals surface area contributed by atoms with Crippen LogP contribution < -0.4 is 5.73 Å². The summed E-state index contributed by atoms with van der Waals surface area (Å²) in [5, 5.41) is 0. The van der Waals surface area contributed by atoms with E-state index in [1.807, 2.05) is 24.5 Å². The molecule has 2 N–H and O–H groups in total. The average molecular weight is 274 g/mol. The second-order valence-electron chi connectivity index (χ2n) is 4.50. The Balaban J connectivity index is 2.43. The first-order valence-corrected chi connectivity index (χ1v) is 6.41. The number of rotatable bonds is 4. The largest absolute Gasteiger partial charge is 0.464 e. The molecule has 0 aliphatic heterocycles. The smallest absolute Gasteiger partial charge is 0.360 e. The molecule has 106 valence electrons. The number of nitrogens with zero attached hydrogens (tertiary/aromatic N) is 3. The van der Waals surface area contributed by atoms with Crippen molar-refractivity contribution in [1.82, 2.24) is 14.5 Å². The molecule has 0 fully saturated rings. The number of hydrogen-bond donors (Lipinski definition) is 1. The minimum absolute atomic E-state index is 0.177. The number of pyridine rings is 1. The lowest BCUT2D eigenvalue weighted by Crippen LogP contribution is -2.10. The van der Waals surface area contributed by atoms with E-state index in [1.54, 1.807) is 12.4 Å². The summed E-state index contributed by atoms with van der Waals surface area (Å²) >= 11 is 0. The molecular weight excluding hydrogens is 256 g/mol. The first-order valence-electron chi connectivity index (χ1n) is 6.41. The summed E-state index contributed by atoms with van der Waals surface area (Å²) in [5.41, 5.74) is 8.38. The Morgan fingerprint density at radius 2 is 2.25 bits per heavy atom. The van der Waals surface area contributed by atoms with Crippen LogP contribution in [0.5, 0.6) is 0 Å². The van der Waals surface area contributed by atoms with Crippen molar-refractivity contribution < 1.29 is 9.53 Å². The summed E-state index contributed by atoms with van der Waals surface area (Å²) in [6.07, 6.45) is 4.23. The van der Waals surface area contributed by atoms with Gasteiger partial charge in [-0.2, -0.15) is 0 Å². The van der Waals surface area contributed by atoms with Crippen LogP contribution in [0, 0.1) is 6.92 Å². The van der Waals surface area contributed by atoms with Gasteiger partial charge in [0.25, 0.3) is 0 Å². The maximum atomic E-state index is 11.6. The van der Waals surface area contributed by atoms with Gasteiger partial charge < -0.3 is 15.0 Å². The Morgan fingerprint density at radius 3 is 2.85 bits per heavy atom. The van der Waals surface area contributed by atoms with E-state index < -0.39 is 5.97 Å². The van der Waals surface area contributed by atoms with E-state index in [2.05, 4.69) is 9.97 Å². The molecule has 0 aliphatic rings. The van der Waals surface area contributed by atoms with Crippen LogP contribution in [0.15, 0.2) is 18.5 Å². The molecule has 0 aromatic carbocycles. The maximum absolute atomic E-state index is 11.6. The van der Waals surface area contributed by atoms with Crippen molar-refractivity contribution in [3.8, 4) is 0 Å². The first kappa shape index (κ1) is 14.0. The average Bonchev–Trinajstić information content (AvgIpc) is 2.77. The van der Waals surface area contributed by atoms with Gasteiger partial charge in [-0.15, -0.1) is 0 Å². The molecule has 0 saturated heterocycles. The van der Waals surface area contributed by atoms with E-state index in [1.165, 1.54) is 7.11 Å². The molecule has 0 atom stereocenters. The molecule has 20 heavy (non-hydrogen) atoms. The number of nitrogen functional groups attached to an aromatic ring is 1. The third-order valence-corrected chi connectivity index (χ3v) is 3.25. The van der Waals surface area contributed by atoms with Crippen molar-refractivity contribution in [1.29, 1.82) is 0 Å². The predicted octanol–water partition coefficient (Wildman–Crippen LogP) is 1.57. The number of anilines is 1. The Bertz CT molecular complexity index is 634. The van der Waals surface area contributed by atoms with Crippen molar-refractivity contribution in [2.45, 2.75) is 26.8 Å². The number of ether oxygens (including phenoxy) is 1. The highest BCUT2D eigenvalue weighted by atomic mass is 16.5. The Kier molecular flexibility index (Phi) is 4.02. The third-order valence-electron chi connectivity index (χ3n) is 3.25. The highest BCUT2D eigenvalue weighted by Crippen LogP contribution is 2.19. The fourth-order valence-electron chi connectivity index (χ4n) is 2.06. The van der Waals surface area contributed by atoms with Crippen molar-refractivity contribution in [2.24, 2.45) is 0 Å².